The van der Waals surface area contributed by atoms with Crippen LogP contribution in [0.1, 0.15) is 35.0 Å². The van der Waals surface area contributed by atoms with Gasteiger partial charge in [0.1, 0.15) is 0 Å². The van der Waals surface area contributed by atoms with Gasteiger partial charge in [0.25, 0.3) is 5.91 Å². The first-order chi connectivity index (χ1) is 12.1. The summed E-state index contributed by atoms with van der Waals surface area (Å²) in [6, 6.07) is 12.2. The first-order valence-corrected chi connectivity index (χ1v) is 9.77. The maximum Gasteiger partial charge on any atom is 0.263 e. The molecule has 1 aromatic carbocycles. The summed E-state index contributed by atoms with van der Waals surface area (Å²) >= 11 is 1.48. The molecule has 0 aliphatic carbocycles. The van der Waals surface area contributed by atoms with E-state index in [4.69, 9.17) is 0 Å². The second-order valence-corrected chi connectivity index (χ2v) is 7.88. The number of benzene rings is 1. The van der Waals surface area contributed by atoms with Gasteiger partial charge in [-0.15, -0.1) is 11.3 Å². The standard InChI is InChI=1S/C20H22N2O2S/c1-14-13-16-5-2-3-6-17(16)22(14)19(23)15-8-10-21(11-9-15)20(24)18-7-4-12-25-18/h2-7,12,14-15H,8-11,13H2,1H3. The van der Waals surface area contributed by atoms with Gasteiger partial charge in [-0.2, -0.15) is 0 Å². The van der Waals surface area contributed by atoms with Gasteiger partial charge in [-0.25, -0.2) is 0 Å². The molecule has 5 heteroatoms. The third kappa shape index (κ3) is 2.97. The highest BCUT2D eigenvalue weighted by Gasteiger charge is 2.36. The average molecular weight is 354 g/mol. The Morgan fingerprint density at radius 1 is 1.08 bits per heavy atom. The Kier molecular flexibility index (Phi) is 4.34. The van der Waals surface area contributed by atoms with Crippen molar-refractivity contribution in [3.8, 4) is 0 Å². The molecule has 0 spiro atoms. The minimum atomic E-state index is 0.0148. The zero-order valence-electron chi connectivity index (χ0n) is 14.4. The summed E-state index contributed by atoms with van der Waals surface area (Å²) in [4.78, 5) is 30.2. The fraction of sp³-hybridized carbons (Fsp3) is 0.400. The van der Waals surface area contributed by atoms with Gasteiger partial charge in [-0.3, -0.25) is 9.59 Å². The summed E-state index contributed by atoms with van der Waals surface area (Å²) in [7, 11) is 0. The molecule has 25 heavy (non-hydrogen) atoms. The van der Waals surface area contributed by atoms with Crippen molar-refractivity contribution in [1.82, 2.24) is 4.90 Å². The molecule has 0 radical (unpaired) electrons. The number of piperidine rings is 1. The van der Waals surface area contributed by atoms with Crippen LogP contribution in [0.15, 0.2) is 41.8 Å². The number of nitrogens with zero attached hydrogens (tertiary/aromatic N) is 2. The van der Waals surface area contributed by atoms with Crippen LogP contribution in [-0.4, -0.2) is 35.8 Å². The molecule has 3 heterocycles. The van der Waals surface area contributed by atoms with E-state index in [-0.39, 0.29) is 23.8 Å². The summed E-state index contributed by atoms with van der Waals surface area (Å²) in [5.74, 6) is 0.336. The second kappa shape index (κ2) is 6.64. The molecular formula is C20H22N2O2S. The van der Waals surface area contributed by atoms with Gasteiger partial charge in [0, 0.05) is 30.7 Å². The van der Waals surface area contributed by atoms with Crippen LogP contribution in [0.3, 0.4) is 0 Å². The van der Waals surface area contributed by atoms with E-state index in [1.165, 1.54) is 16.9 Å². The fourth-order valence-corrected chi connectivity index (χ4v) is 4.67. The summed E-state index contributed by atoms with van der Waals surface area (Å²) in [6.07, 6.45) is 2.43. The van der Waals surface area contributed by atoms with Crippen molar-refractivity contribution in [3.63, 3.8) is 0 Å². The summed E-state index contributed by atoms with van der Waals surface area (Å²) in [5.41, 5.74) is 2.32. The number of hydrogen-bond acceptors (Lipinski definition) is 3. The minimum absolute atomic E-state index is 0.0148. The fourth-order valence-electron chi connectivity index (χ4n) is 3.98. The van der Waals surface area contributed by atoms with Crippen molar-refractivity contribution in [1.29, 1.82) is 0 Å². The van der Waals surface area contributed by atoms with E-state index in [1.807, 2.05) is 45.5 Å². The lowest BCUT2D eigenvalue weighted by Crippen LogP contribution is -2.46. The predicted molar refractivity (Wildman–Crippen MR) is 100 cm³/mol. The van der Waals surface area contributed by atoms with Crippen LogP contribution in [0.2, 0.25) is 0 Å². The van der Waals surface area contributed by atoms with Crippen molar-refractivity contribution in [3.05, 3.63) is 52.2 Å². The molecule has 4 nitrogen and oxygen atoms in total. The van der Waals surface area contributed by atoms with E-state index in [1.54, 1.807) is 0 Å². The highest BCUT2D eigenvalue weighted by Crippen LogP contribution is 2.34. The quantitative estimate of drug-likeness (QED) is 0.827. The summed E-state index contributed by atoms with van der Waals surface area (Å²) in [6.45, 7) is 3.45. The molecule has 1 atom stereocenters. The molecule has 2 aromatic rings. The molecule has 4 rings (SSSR count). The monoisotopic (exact) mass is 354 g/mol. The largest absolute Gasteiger partial charge is 0.338 e. The van der Waals surface area contributed by atoms with Crippen LogP contribution in [0.25, 0.3) is 0 Å². The Labute approximate surface area is 152 Å². The number of para-hydroxylation sites is 1. The second-order valence-electron chi connectivity index (χ2n) is 6.93. The van der Waals surface area contributed by atoms with E-state index in [0.29, 0.717) is 13.1 Å². The Morgan fingerprint density at radius 3 is 2.56 bits per heavy atom. The number of carbonyl (C=O) groups is 2. The van der Waals surface area contributed by atoms with Crippen molar-refractivity contribution in [2.45, 2.75) is 32.2 Å². The van der Waals surface area contributed by atoms with Crippen molar-refractivity contribution >= 4 is 28.8 Å². The molecule has 1 unspecified atom stereocenters. The molecule has 0 N–H and O–H groups in total. The number of amides is 2. The third-order valence-corrected chi connectivity index (χ3v) is 6.17. The van der Waals surface area contributed by atoms with E-state index in [0.717, 1.165) is 29.8 Å². The molecule has 0 bridgehead atoms. The van der Waals surface area contributed by atoms with Gasteiger partial charge >= 0.3 is 0 Å². The molecule has 1 fully saturated rings. The van der Waals surface area contributed by atoms with Gasteiger partial charge in [0.15, 0.2) is 0 Å². The molecule has 1 saturated heterocycles. The Hall–Kier alpha value is -2.14. The predicted octanol–water partition coefficient (Wildman–Crippen LogP) is 3.58. The van der Waals surface area contributed by atoms with Gasteiger partial charge in [0.2, 0.25) is 5.91 Å². The van der Waals surface area contributed by atoms with Crippen LogP contribution < -0.4 is 4.90 Å². The maximum atomic E-state index is 13.1. The van der Waals surface area contributed by atoms with E-state index < -0.39 is 0 Å². The molecular weight excluding hydrogens is 332 g/mol. The SMILES string of the molecule is CC1Cc2ccccc2N1C(=O)C1CCN(C(=O)c2cccs2)CC1. The van der Waals surface area contributed by atoms with E-state index in [2.05, 4.69) is 13.0 Å². The molecule has 0 saturated carbocycles. The molecule has 2 aliphatic heterocycles. The van der Waals surface area contributed by atoms with Crippen LogP contribution in [0.5, 0.6) is 0 Å². The Bertz CT molecular complexity index is 779. The number of hydrogen-bond donors (Lipinski definition) is 0. The Morgan fingerprint density at radius 2 is 1.84 bits per heavy atom. The van der Waals surface area contributed by atoms with Crippen LogP contribution in [0, 0.1) is 5.92 Å². The topological polar surface area (TPSA) is 40.6 Å². The molecule has 2 amide bonds. The highest BCUT2D eigenvalue weighted by molar-refractivity contribution is 7.12. The van der Waals surface area contributed by atoms with Gasteiger partial charge in [-0.1, -0.05) is 24.3 Å². The van der Waals surface area contributed by atoms with Crippen molar-refractivity contribution in [2.75, 3.05) is 18.0 Å². The number of thiophene rings is 1. The zero-order chi connectivity index (χ0) is 17.4. The van der Waals surface area contributed by atoms with Gasteiger partial charge in [0.05, 0.1) is 4.88 Å². The zero-order valence-corrected chi connectivity index (χ0v) is 15.2. The third-order valence-electron chi connectivity index (χ3n) is 5.31. The number of carbonyl (C=O) groups excluding carboxylic acids is 2. The molecule has 130 valence electrons. The smallest absolute Gasteiger partial charge is 0.263 e. The van der Waals surface area contributed by atoms with Crippen molar-refractivity contribution < 1.29 is 9.59 Å². The lowest BCUT2D eigenvalue weighted by Gasteiger charge is -2.34. The Balaban J connectivity index is 1.43. The van der Waals surface area contributed by atoms with Crippen molar-refractivity contribution in [2.24, 2.45) is 5.92 Å². The highest BCUT2D eigenvalue weighted by atomic mass is 32.1. The van der Waals surface area contributed by atoms with E-state index >= 15 is 0 Å². The molecule has 1 aromatic heterocycles. The first kappa shape index (κ1) is 16.3. The minimum Gasteiger partial charge on any atom is -0.338 e. The van der Waals surface area contributed by atoms with Crippen LogP contribution in [-0.2, 0) is 11.2 Å². The van der Waals surface area contributed by atoms with Crippen LogP contribution >= 0.6 is 11.3 Å². The summed E-state index contributed by atoms with van der Waals surface area (Å²) < 4.78 is 0. The lowest BCUT2D eigenvalue weighted by molar-refractivity contribution is -0.123. The van der Waals surface area contributed by atoms with Crippen LogP contribution in [0.4, 0.5) is 5.69 Å². The average Bonchev–Trinajstić information content (AvgIpc) is 3.27. The first-order valence-electron chi connectivity index (χ1n) is 8.89. The summed E-state index contributed by atoms with van der Waals surface area (Å²) in [5, 5.41) is 1.93. The van der Waals surface area contributed by atoms with E-state index in [9.17, 15) is 9.59 Å². The molecule has 2 aliphatic rings. The normalized spacial score (nSPS) is 20.6. The number of anilines is 1. The van der Waals surface area contributed by atoms with Gasteiger partial charge < -0.3 is 9.80 Å². The number of likely N-dealkylation sites (tertiary alicyclic amines) is 1. The number of fused-ring (bicyclic) bond motifs is 1. The maximum absolute atomic E-state index is 13.1. The number of rotatable bonds is 2. The lowest BCUT2D eigenvalue weighted by atomic mass is 9.94. The van der Waals surface area contributed by atoms with Gasteiger partial charge in [-0.05, 0) is 49.3 Å².